The molecule has 0 aromatic heterocycles. The standard InChI is InChI=1S/C12H16N2O3S/c13-12(16)17-7-6-14-11(15)10(18)8-9-4-2-1-3-5-9/h1-5,10,18H,6-8H2,(H2,13,16)(H,14,15). The van der Waals surface area contributed by atoms with Crippen LogP contribution in [0.15, 0.2) is 30.3 Å². The number of nitrogens with one attached hydrogen (secondary N) is 1. The molecule has 0 heterocycles. The minimum absolute atomic E-state index is 0.0624. The molecule has 18 heavy (non-hydrogen) atoms. The largest absolute Gasteiger partial charge is 0.448 e. The lowest BCUT2D eigenvalue weighted by Gasteiger charge is -2.11. The highest BCUT2D eigenvalue weighted by Gasteiger charge is 2.13. The van der Waals surface area contributed by atoms with Crippen LogP contribution in [0.5, 0.6) is 0 Å². The Balaban J connectivity index is 2.27. The number of amides is 2. The van der Waals surface area contributed by atoms with Crippen LogP contribution in [-0.2, 0) is 16.0 Å². The Morgan fingerprint density at radius 2 is 2.00 bits per heavy atom. The molecule has 3 N–H and O–H groups in total. The van der Waals surface area contributed by atoms with E-state index in [4.69, 9.17) is 5.73 Å². The fourth-order valence-electron chi connectivity index (χ4n) is 1.37. The van der Waals surface area contributed by atoms with Crippen LogP contribution in [0.25, 0.3) is 0 Å². The van der Waals surface area contributed by atoms with E-state index in [1.165, 1.54) is 0 Å². The summed E-state index contributed by atoms with van der Waals surface area (Å²) in [5.41, 5.74) is 5.82. The third-order valence-corrected chi connectivity index (χ3v) is 2.64. The average Bonchev–Trinajstić information content (AvgIpc) is 2.35. The first-order chi connectivity index (χ1) is 8.59. The van der Waals surface area contributed by atoms with Crippen molar-refractivity contribution in [1.82, 2.24) is 5.32 Å². The van der Waals surface area contributed by atoms with Crippen molar-refractivity contribution < 1.29 is 14.3 Å². The number of nitrogens with two attached hydrogens (primary N) is 1. The Bertz CT molecular complexity index is 398. The first-order valence-electron chi connectivity index (χ1n) is 5.51. The molecule has 1 atom stereocenters. The molecule has 1 rings (SSSR count). The Hall–Kier alpha value is -1.69. The van der Waals surface area contributed by atoms with E-state index >= 15 is 0 Å². The Morgan fingerprint density at radius 1 is 1.33 bits per heavy atom. The van der Waals surface area contributed by atoms with Crippen molar-refractivity contribution in [1.29, 1.82) is 0 Å². The second-order valence-corrected chi connectivity index (χ2v) is 4.29. The molecule has 0 bridgehead atoms. The molecular formula is C12H16N2O3S. The summed E-state index contributed by atoms with van der Waals surface area (Å²) in [6.07, 6.45) is -0.303. The lowest BCUT2D eigenvalue weighted by Crippen LogP contribution is -2.35. The maximum Gasteiger partial charge on any atom is 0.404 e. The van der Waals surface area contributed by atoms with Crippen LogP contribution < -0.4 is 11.1 Å². The predicted molar refractivity (Wildman–Crippen MR) is 71.5 cm³/mol. The summed E-state index contributed by atoms with van der Waals surface area (Å²) in [5.74, 6) is -0.199. The number of hydrogen-bond donors (Lipinski definition) is 3. The van der Waals surface area contributed by atoms with E-state index in [1.54, 1.807) is 0 Å². The molecule has 0 spiro atoms. The van der Waals surface area contributed by atoms with E-state index in [9.17, 15) is 9.59 Å². The molecule has 0 aliphatic heterocycles. The molecule has 6 heteroatoms. The molecule has 98 valence electrons. The number of hydrogen-bond acceptors (Lipinski definition) is 4. The molecule has 1 aromatic rings. The van der Waals surface area contributed by atoms with E-state index in [-0.39, 0.29) is 19.1 Å². The third-order valence-electron chi connectivity index (χ3n) is 2.22. The molecule has 0 aliphatic rings. The minimum Gasteiger partial charge on any atom is -0.448 e. The van der Waals surface area contributed by atoms with E-state index < -0.39 is 11.3 Å². The van der Waals surface area contributed by atoms with Crippen molar-refractivity contribution in [3.63, 3.8) is 0 Å². The fraction of sp³-hybridized carbons (Fsp3) is 0.333. The number of ether oxygens (including phenoxy) is 1. The molecule has 0 saturated heterocycles. The van der Waals surface area contributed by atoms with Crippen LogP contribution >= 0.6 is 12.6 Å². The van der Waals surface area contributed by atoms with Gasteiger partial charge in [-0.15, -0.1) is 0 Å². The summed E-state index contributed by atoms with van der Waals surface area (Å²) in [4.78, 5) is 21.9. The van der Waals surface area contributed by atoms with Gasteiger partial charge in [0.1, 0.15) is 6.61 Å². The zero-order valence-corrected chi connectivity index (χ0v) is 10.7. The maximum absolute atomic E-state index is 11.6. The first-order valence-corrected chi connectivity index (χ1v) is 6.03. The second kappa shape index (κ2) is 7.60. The van der Waals surface area contributed by atoms with Gasteiger partial charge in [-0.1, -0.05) is 30.3 Å². The van der Waals surface area contributed by atoms with Gasteiger partial charge in [0.2, 0.25) is 5.91 Å². The van der Waals surface area contributed by atoms with Gasteiger partial charge in [0, 0.05) is 0 Å². The number of primary amides is 1. The Morgan fingerprint density at radius 3 is 2.61 bits per heavy atom. The summed E-state index contributed by atoms with van der Waals surface area (Å²) < 4.78 is 4.49. The number of benzene rings is 1. The predicted octanol–water partition coefficient (Wildman–Crippen LogP) is 0.739. The second-order valence-electron chi connectivity index (χ2n) is 3.66. The number of thiol groups is 1. The highest BCUT2D eigenvalue weighted by Crippen LogP contribution is 2.07. The summed E-state index contributed by atoms with van der Waals surface area (Å²) >= 11 is 4.23. The smallest absolute Gasteiger partial charge is 0.404 e. The van der Waals surface area contributed by atoms with E-state index in [2.05, 4.69) is 22.7 Å². The summed E-state index contributed by atoms with van der Waals surface area (Å²) in [6, 6.07) is 9.61. The van der Waals surface area contributed by atoms with Crippen molar-refractivity contribution in [2.45, 2.75) is 11.7 Å². The molecule has 0 aliphatic carbocycles. The van der Waals surface area contributed by atoms with Gasteiger partial charge in [0.05, 0.1) is 11.8 Å². The summed E-state index contributed by atoms with van der Waals surface area (Å²) in [7, 11) is 0. The molecule has 1 aromatic carbocycles. The molecule has 0 saturated carbocycles. The number of carbonyl (C=O) groups is 2. The van der Waals surface area contributed by atoms with Gasteiger partial charge in [-0.3, -0.25) is 4.79 Å². The van der Waals surface area contributed by atoms with Crippen LogP contribution in [0, 0.1) is 0 Å². The molecule has 2 amide bonds. The molecule has 0 fully saturated rings. The lowest BCUT2D eigenvalue weighted by molar-refractivity contribution is -0.120. The van der Waals surface area contributed by atoms with Crippen LogP contribution in [0.2, 0.25) is 0 Å². The van der Waals surface area contributed by atoms with Crippen LogP contribution in [-0.4, -0.2) is 30.4 Å². The van der Waals surface area contributed by atoms with Crippen LogP contribution in [0.4, 0.5) is 4.79 Å². The van der Waals surface area contributed by atoms with Crippen LogP contribution in [0.3, 0.4) is 0 Å². The zero-order chi connectivity index (χ0) is 13.4. The van der Waals surface area contributed by atoms with Gasteiger partial charge >= 0.3 is 6.09 Å². The van der Waals surface area contributed by atoms with E-state index in [1.807, 2.05) is 30.3 Å². The highest BCUT2D eigenvalue weighted by atomic mass is 32.1. The van der Waals surface area contributed by atoms with Gasteiger partial charge in [0.15, 0.2) is 0 Å². The topological polar surface area (TPSA) is 81.4 Å². The van der Waals surface area contributed by atoms with Gasteiger partial charge in [0.25, 0.3) is 0 Å². The number of rotatable bonds is 6. The SMILES string of the molecule is NC(=O)OCCNC(=O)C(S)Cc1ccccc1. The normalized spacial score (nSPS) is 11.6. The quantitative estimate of drug-likeness (QED) is 0.526. The van der Waals surface area contributed by atoms with Gasteiger partial charge in [-0.25, -0.2) is 4.79 Å². The van der Waals surface area contributed by atoms with Crippen LogP contribution in [0.1, 0.15) is 5.56 Å². The van der Waals surface area contributed by atoms with Gasteiger partial charge < -0.3 is 15.8 Å². The Labute approximate surface area is 111 Å². The molecule has 5 nitrogen and oxygen atoms in total. The lowest BCUT2D eigenvalue weighted by atomic mass is 10.1. The molecule has 0 radical (unpaired) electrons. The third kappa shape index (κ3) is 5.58. The zero-order valence-electron chi connectivity index (χ0n) is 9.83. The highest BCUT2D eigenvalue weighted by molar-refractivity contribution is 7.81. The minimum atomic E-state index is -0.851. The fourth-order valence-corrected chi connectivity index (χ4v) is 1.68. The summed E-state index contributed by atoms with van der Waals surface area (Å²) in [5, 5.41) is 2.18. The maximum atomic E-state index is 11.6. The first kappa shape index (κ1) is 14.4. The average molecular weight is 268 g/mol. The van der Waals surface area contributed by atoms with Crippen molar-refractivity contribution in [3.8, 4) is 0 Å². The number of carbonyl (C=O) groups excluding carboxylic acids is 2. The van der Waals surface area contributed by atoms with Gasteiger partial charge in [-0.2, -0.15) is 12.6 Å². The van der Waals surface area contributed by atoms with Crippen molar-refractivity contribution >= 4 is 24.6 Å². The van der Waals surface area contributed by atoms with E-state index in [0.29, 0.717) is 6.42 Å². The van der Waals surface area contributed by atoms with Crippen molar-refractivity contribution in [2.24, 2.45) is 5.73 Å². The summed E-state index contributed by atoms with van der Waals surface area (Å²) in [6.45, 7) is 0.292. The monoisotopic (exact) mass is 268 g/mol. The van der Waals surface area contributed by atoms with E-state index in [0.717, 1.165) is 5.56 Å². The van der Waals surface area contributed by atoms with Gasteiger partial charge in [-0.05, 0) is 12.0 Å². The van der Waals surface area contributed by atoms with Crippen molar-refractivity contribution in [3.05, 3.63) is 35.9 Å². The molecular weight excluding hydrogens is 252 g/mol. The molecule has 1 unspecified atom stereocenters. The van der Waals surface area contributed by atoms with Crippen molar-refractivity contribution in [2.75, 3.05) is 13.2 Å². The Kier molecular flexibility index (Phi) is 6.07.